The number of rotatable bonds is 7. The number of anilines is 1. The van der Waals surface area contributed by atoms with Gasteiger partial charge in [-0.2, -0.15) is 10.4 Å². The number of amides is 1. The number of hydrogen-bond donors (Lipinski definition) is 1. The van der Waals surface area contributed by atoms with Gasteiger partial charge in [0.1, 0.15) is 11.9 Å². The molecule has 0 radical (unpaired) electrons. The number of methoxy groups -OCH3 is 1. The Morgan fingerprint density at radius 2 is 2.30 bits per heavy atom. The maximum Gasteiger partial charge on any atom is 0.223 e. The predicted molar refractivity (Wildman–Crippen MR) is 100 cm³/mol. The minimum atomic E-state index is -0.0917. The van der Waals surface area contributed by atoms with Crippen molar-refractivity contribution >= 4 is 23.3 Å². The van der Waals surface area contributed by atoms with Crippen LogP contribution in [0.25, 0.3) is 0 Å². The fourth-order valence-electron chi connectivity index (χ4n) is 3.40. The van der Waals surface area contributed by atoms with E-state index in [1.54, 1.807) is 24.1 Å². The van der Waals surface area contributed by atoms with Crippen LogP contribution in [0, 0.1) is 17.2 Å². The van der Waals surface area contributed by atoms with Crippen molar-refractivity contribution in [1.29, 1.82) is 5.26 Å². The SMILES string of the molecule is COCCN1C(=O)C[C@@H](CNc2ncc(C#N)cc2Cl)[C@@H]1c1cnn(C)c1. The molecule has 2 aromatic rings. The van der Waals surface area contributed by atoms with E-state index in [-0.39, 0.29) is 17.9 Å². The van der Waals surface area contributed by atoms with E-state index in [0.29, 0.717) is 42.5 Å². The van der Waals surface area contributed by atoms with Crippen molar-refractivity contribution in [2.75, 3.05) is 32.1 Å². The van der Waals surface area contributed by atoms with Crippen molar-refractivity contribution in [3.8, 4) is 6.07 Å². The van der Waals surface area contributed by atoms with E-state index >= 15 is 0 Å². The van der Waals surface area contributed by atoms with Gasteiger partial charge in [0.2, 0.25) is 5.91 Å². The van der Waals surface area contributed by atoms with Crippen molar-refractivity contribution < 1.29 is 9.53 Å². The van der Waals surface area contributed by atoms with Crippen LogP contribution in [-0.4, -0.2) is 52.4 Å². The van der Waals surface area contributed by atoms with Crippen LogP contribution in [0.2, 0.25) is 5.02 Å². The third-order valence-corrected chi connectivity index (χ3v) is 4.93. The quantitative estimate of drug-likeness (QED) is 0.779. The summed E-state index contributed by atoms with van der Waals surface area (Å²) in [5.41, 5.74) is 1.39. The highest BCUT2D eigenvalue weighted by atomic mass is 35.5. The molecule has 1 fully saturated rings. The third-order valence-electron chi connectivity index (χ3n) is 4.64. The van der Waals surface area contributed by atoms with Gasteiger partial charge in [-0.25, -0.2) is 4.98 Å². The van der Waals surface area contributed by atoms with Crippen molar-refractivity contribution in [1.82, 2.24) is 19.7 Å². The Labute approximate surface area is 162 Å². The molecule has 0 aromatic carbocycles. The maximum atomic E-state index is 12.6. The Kier molecular flexibility index (Phi) is 5.94. The average molecular weight is 389 g/mol. The lowest BCUT2D eigenvalue weighted by Crippen LogP contribution is -2.33. The lowest BCUT2D eigenvalue weighted by Gasteiger charge is -2.27. The Bertz CT molecular complexity index is 862. The summed E-state index contributed by atoms with van der Waals surface area (Å²) >= 11 is 6.19. The summed E-state index contributed by atoms with van der Waals surface area (Å²) in [5.74, 6) is 0.627. The fraction of sp³-hybridized carbons (Fsp3) is 0.444. The number of likely N-dealkylation sites (tertiary alicyclic amines) is 1. The highest BCUT2D eigenvalue weighted by Crippen LogP contribution is 2.38. The summed E-state index contributed by atoms with van der Waals surface area (Å²) in [5, 5.41) is 16.8. The summed E-state index contributed by atoms with van der Waals surface area (Å²) in [6.07, 6.45) is 5.62. The molecule has 1 saturated heterocycles. The van der Waals surface area contributed by atoms with Crippen LogP contribution in [0.1, 0.15) is 23.6 Å². The zero-order valence-corrected chi connectivity index (χ0v) is 16.0. The van der Waals surface area contributed by atoms with Crippen LogP contribution in [0.4, 0.5) is 5.82 Å². The van der Waals surface area contributed by atoms with Gasteiger partial charge in [0.05, 0.1) is 29.4 Å². The van der Waals surface area contributed by atoms with Crippen LogP contribution in [0.5, 0.6) is 0 Å². The molecule has 2 aromatic heterocycles. The zero-order valence-electron chi connectivity index (χ0n) is 15.2. The first-order valence-corrected chi connectivity index (χ1v) is 8.97. The standard InChI is InChI=1S/C18H21ClN6O2/c1-24-11-14(10-23-24)17-13(6-16(26)25(17)3-4-27-2)9-22-18-15(19)5-12(7-20)8-21-18/h5,8,10-11,13,17H,3-4,6,9H2,1-2H3,(H,21,22)/t13-,17+/m0/s1. The molecule has 1 amide bonds. The largest absolute Gasteiger partial charge is 0.383 e. The molecular weight excluding hydrogens is 368 g/mol. The highest BCUT2D eigenvalue weighted by Gasteiger charge is 2.40. The molecule has 8 nitrogen and oxygen atoms in total. The van der Waals surface area contributed by atoms with Gasteiger partial charge in [0.25, 0.3) is 0 Å². The van der Waals surface area contributed by atoms with Crippen LogP contribution < -0.4 is 5.32 Å². The average Bonchev–Trinajstić information content (AvgIpc) is 3.21. The van der Waals surface area contributed by atoms with E-state index in [2.05, 4.69) is 15.4 Å². The smallest absolute Gasteiger partial charge is 0.223 e. The molecule has 3 heterocycles. The van der Waals surface area contributed by atoms with E-state index in [1.807, 2.05) is 24.2 Å². The number of aryl methyl sites for hydroxylation is 1. The molecule has 1 aliphatic heterocycles. The van der Waals surface area contributed by atoms with Gasteiger partial charge < -0.3 is 15.0 Å². The molecule has 0 saturated carbocycles. The maximum absolute atomic E-state index is 12.6. The number of nitrogens with one attached hydrogen (secondary N) is 1. The third kappa shape index (κ3) is 4.21. The van der Waals surface area contributed by atoms with Crippen LogP contribution in [-0.2, 0) is 16.6 Å². The number of carbonyl (C=O) groups excluding carboxylic acids is 1. The first-order chi connectivity index (χ1) is 13.0. The van der Waals surface area contributed by atoms with Gasteiger partial charge in [0, 0.05) is 57.5 Å². The molecule has 142 valence electrons. The molecule has 1 aliphatic rings. The summed E-state index contributed by atoms with van der Waals surface area (Å²) in [7, 11) is 3.48. The molecule has 0 unspecified atom stereocenters. The van der Waals surface area contributed by atoms with Crippen molar-refractivity contribution in [3.63, 3.8) is 0 Å². The molecule has 0 spiro atoms. The van der Waals surface area contributed by atoms with Gasteiger partial charge in [-0.3, -0.25) is 9.48 Å². The van der Waals surface area contributed by atoms with Crippen LogP contribution in [0.15, 0.2) is 24.7 Å². The van der Waals surface area contributed by atoms with Gasteiger partial charge in [0.15, 0.2) is 0 Å². The van der Waals surface area contributed by atoms with E-state index < -0.39 is 0 Å². The fourth-order valence-corrected chi connectivity index (χ4v) is 3.64. The molecule has 0 bridgehead atoms. The van der Waals surface area contributed by atoms with E-state index in [4.69, 9.17) is 21.6 Å². The number of nitriles is 1. The first-order valence-electron chi connectivity index (χ1n) is 8.60. The lowest BCUT2D eigenvalue weighted by atomic mass is 9.95. The minimum Gasteiger partial charge on any atom is -0.383 e. The number of aromatic nitrogens is 3. The highest BCUT2D eigenvalue weighted by molar-refractivity contribution is 6.33. The Hall–Kier alpha value is -2.63. The normalized spacial score (nSPS) is 19.3. The predicted octanol–water partition coefficient (Wildman–Crippen LogP) is 1.99. The van der Waals surface area contributed by atoms with E-state index in [9.17, 15) is 4.79 Å². The second kappa shape index (κ2) is 8.37. The number of halogens is 1. The number of ether oxygens (including phenoxy) is 1. The molecule has 3 rings (SSSR count). The van der Waals surface area contributed by atoms with E-state index in [0.717, 1.165) is 5.56 Å². The first kappa shape index (κ1) is 19.1. The van der Waals surface area contributed by atoms with Crippen LogP contribution in [0.3, 0.4) is 0 Å². The van der Waals surface area contributed by atoms with Crippen molar-refractivity contribution in [2.45, 2.75) is 12.5 Å². The van der Waals surface area contributed by atoms with Gasteiger partial charge in [-0.05, 0) is 6.07 Å². The molecular formula is C18H21ClN6O2. The molecule has 9 heteroatoms. The molecule has 2 atom stereocenters. The molecule has 27 heavy (non-hydrogen) atoms. The Morgan fingerprint density at radius 3 is 2.93 bits per heavy atom. The lowest BCUT2D eigenvalue weighted by molar-refractivity contribution is -0.129. The molecule has 0 aliphatic carbocycles. The number of nitrogens with zero attached hydrogens (tertiary/aromatic N) is 5. The second-order valence-electron chi connectivity index (χ2n) is 6.48. The Balaban J connectivity index is 1.78. The summed E-state index contributed by atoms with van der Waals surface area (Å²) < 4.78 is 6.89. The Morgan fingerprint density at radius 1 is 1.48 bits per heavy atom. The molecule has 1 N–H and O–H groups in total. The van der Waals surface area contributed by atoms with Crippen molar-refractivity contribution in [3.05, 3.63) is 40.8 Å². The van der Waals surface area contributed by atoms with Crippen LogP contribution >= 0.6 is 11.6 Å². The minimum absolute atomic E-state index is 0.0343. The zero-order chi connectivity index (χ0) is 19.4. The van der Waals surface area contributed by atoms with E-state index in [1.165, 1.54) is 6.20 Å². The monoisotopic (exact) mass is 388 g/mol. The number of hydrogen-bond acceptors (Lipinski definition) is 6. The van der Waals surface area contributed by atoms with Gasteiger partial charge >= 0.3 is 0 Å². The summed E-state index contributed by atoms with van der Waals surface area (Å²) in [4.78, 5) is 18.6. The number of pyridine rings is 1. The van der Waals surface area contributed by atoms with Crippen molar-refractivity contribution in [2.24, 2.45) is 13.0 Å². The van der Waals surface area contributed by atoms with Gasteiger partial charge in [-0.1, -0.05) is 11.6 Å². The summed E-state index contributed by atoms with van der Waals surface area (Å²) in [6, 6.07) is 3.49. The second-order valence-corrected chi connectivity index (χ2v) is 6.89. The topological polar surface area (TPSA) is 96.1 Å². The van der Waals surface area contributed by atoms with Gasteiger partial charge in [-0.15, -0.1) is 0 Å². The summed E-state index contributed by atoms with van der Waals surface area (Å²) in [6.45, 7) is 1.53. The number of carbonyl (C=O) groups is 1.